The number of hydrogen-bond donors (Lipinski definition) is 1. The highest BCUT2D eigenvalue weighted by molar-refractivity contribution is 9.10. The number of hydrogen-bond acceptors (Lipinski definition) is 3. The van der Waals surface area contributed by atoms with Gasteiger partial charge in [-0.2, -0.15) is 0 Å². The molecule has 1 aromatic rings. The molecule has 1 aliphatic rings. The van der Waals surface area contributed by atoms with Crippen LogP contribution in [0.1, 0.15) is 33.1 Å². The Morgan fingerprint density at radius 2 is 2.24 bits per heavy atom. The lowest BCUT2D eigenvalue weighted by atomic mass is 10.0. The van der Waals surface area contributed by atoms with Crippen LogP contribution in [0.15, 0.2) is 28.7 Å². The van der Waals surface area contributed by atoms with E-state index >= 15 is 0 Å². The van der Waals surface area contributed by atoms with Gasteiger partial charge < -0.3 is 10.1 Å². The summed E-state index contributed by atoms with van der Waals surface area (Å²) in [5.74, 6) is 0.943. The van der Waals surface area contributed by atoms with E-state index < -0.39 is 0 Å². The van der Waals surface area contributed by atoms with Gasteiger partial charge in [0.25, 0.3) is 0 Å². The molecule has 1 aliphatic heterocycles. The van der Waals surface area contributed by atoms with Crippen molar-refractivity contribution in [2.75, 3.05) is 26.2 Å². The van der Waals surface area contributed by atoms with Gasteiger partial charge >= 0.3 is 0 Å². The van der Waals surface area contributed by atoms with Gasteiger partial charge in [-0.05, 0) is 31.0 Å². The topological polar surface area (TPSA) is 24.5 Å². The van der Waals surface area contributed by atoms with Crippen LogP contribution in [0.3, 0.4) is 0 Å². The average Bonchev–Trinajstić information content (AvgIpc) is 2.49. The minimum Gasteiger partial charge on any atom is -0.492 e. The maximum atomic E-state index is 5.89. The number of nitrogens with zero attached hydrogens (tertiary/aromatic N) is 1. The van der Waals surface area contributed by atoms with E-state index in [0.717, 1.165) is 36.5 Å². The van der Waals surface area contributed by atoms with Gasteiger partial charge in [0, 0.05) is 36.2 Å². The number of ether oxygens (including phenoxy) is 1. The first-order valence-electron chi connectivity index (χ1n) is 8.08. The standard InChI is InChI=1S/C17H27BrN2O/c1-3-6-16-12-19-15(4-2)13-20(16)9-10-21-17-8-5-7-14(18)11-17/h5,7-8,11,15-16,19H,3-4,6,9-10,12-13H2,1-2H3. The van der Waals surface area contributed by atoms with E-state index in [9.17, 15) is 0 Å². The molecule has 0 aliphatic carbocycles. The number of benzene rings is 1. The quantitative estimate of drug-likeness (QED) is 0.808. The number of nitrogens with one attached hydrogen (secondary N) is 1. The predicted molar refractivity (Wildman–Crippen MR) is 92.0 cm³/mol. The van der Waals surface area contributed by atoms with Crippen molar-refractivity contribution in [3.05, 3.63) is 28.7 Å². The molecule has 0 saturated carbocycles. The molecule has 21 heavy (non-hydrogen) atoms. The maximum Gasteiger partial charge on any atom is 0.120 e. The lowest BCUT2D eigenvalue weighted by Crippen LogP contribution is -2.56. The van der Waals surface area contributed by atoms with E-state index in [1.807, 2.05) is 24.3 Å². The Hall–Kier alpha value is -0.580. The molecule has 1 saturated heterocycles. The van der Waals surface area contributed by atoms with E-state index in [-0.39, 0.29) is 0 Å². The Morgan fingerprint density at radius 3 is 2.95 bits per heavy atom. The van der Waals surface area contributed by atoms with Gasteiger partial charge in [-0.15, -0.1) is 0 Å². The van der Waals surface area contributed by atoms with Crippen LogP contribution in [0.25, 0.3) is 0 Å². The van der Waals surface area contributed by atoms with Gasteiger partial charge in [-0.25, -0.2) is 0 Å². The molecule has 1 fully saturated rings. The van der Waals surface area contributed by atoms with E-state index in [0.29, 0.717) is 12.1 Å². The zero-order valence-corrected chi connectivity index (χ0v) is 14.7. The minimum absolute atomic E-state index is 0.629. The van der Waals surface area contributed by atoms with Crippen LogP contribution in [0.2, 0.25) is 0 Å². The van der Waals surface area contributed by atoms with E-state index in [2.05, 4.69) is 40.0 Å². The molecule has 1 heterocycles. The maximum absolute atomic E-state index is 5.89. The summed E-state index contributed by atoms with van der Waals surface area (Å²) < 4.78 is 6.96. The Kier molecular flexibility index (Phi) is 7.00. The fourth-order valence-electron chi connectivity index (χ4n) is 2.93. The van der Waals surface area contributed by atoms with Crippen molar-refractivity contribution in [2.24, 2.45) is 0 Å². The number of halogens is 1. The van der Waals surface area contributed by atoms with Crippen molar-refractivity contribution in [3.8, 4) is 5.75 Å². The largest absolute Gasteiger partial charge is 0.492 e. The Balaban J connectivity index is 1.83. The van der Waals surface area contributed by atoms with Gasteiger partial charge in [0.15, 0.2) is 0 Å². The highest BCUT2D eigenvalue weighted by Gasteiger charge is 2.25. The molecule has 0 amide bonds. The predicted octanol–water partition coefficient (Wildman–Crippen LogP) is 3.68. The molecule has 0 radical (unpaired) electrons. The number of piperazine rings is 1. The normalized spacial score (nSPS) is 23.2. The first-order chi connectivity index (χ1) is 10.2. The highest BCUT2D eigenvalue weighted by Crippen LogP contribution is 2.18. The lowest BCUT2D eigenvalue weighted by molar-refractivity contribution is 0.102. The van der Waals surface area contributed by atoms with Crippen LogP contribution in [0.4, 0.5) is 0 Å². The molecule has 0 spiro atoms. The molecule has 3 nitrogen and oxygen atoms in total. The molecule has 1 N–H and O–H groups in total. The molecule has 118 valence electrons. The third-order valence-corrected chi connectivity index (χ3v) is 4.66. The fraction of sp³-hybridized carbons (Fsp3) is 0.647. The first kappa shape index (κ1) is 16.8. The molecule has 2 rings (SSSR count). The third kappa shape index (κ3) is 5.28. The molecular formula is C17H27BrN2O. The van der Waals surface area contributed by atoms with Crippen molar-refractivity contribution in [1.82, 2.24) is 10.2 Å². The second-order valence-corrected chi connectivity index (χ2v) is 6.67. The van der Waals surface area contributed by atoms with Crippen LogP contribution in [0, 0.1) is 0 Å². The van der Waals surface area contributed by atoms with Crippen molar-refractivity contribution < 1.29 is 4.74 Å². The summed E-state index contributed by atoms with van der Waals surface area (Å²) in [7, 11) is 0. The Labute approximate surface area is 137 Å². The Bertz CT molecular complexity index is 427. The summed E-state index contributed by atoms with van der Waals surface area (Å²) in [5, 5.41) is 3.66. The minimum atomic E-state index is 0.629. The van der Waals surface area contributed by atoms with Crippen molar-refractivity contribution >= 4 is 15.9 Å². The first-order valence-corrected chi connectivity index (χ1v) is 8.88. The molecule has 2 atom stereocenters. The van der Waals surface area contributed by atoms with Crippen molar-refractivity contribution in [2.45, 2.75) is 45.2 Å². The Morgan fingerprint density at radius 1 is 1.38 bits per heavy atom. The zero-order chi connectivity index (χ0) is 15.1. The second-order valence-electron chi connectivity index (χ2n) is 5.76. The van der Waals surface area contributed by atoms with Gasteiger partial charge in [0.1, 0.15) is 12.4 Å². The van der Waals surface area contributed by atoms with Gasteiger partial charge in [-0.1, -0.05) is 42.3 Å². The summed E-state index contributed by atoms with van der Waals surface area (Å²) in [5.41, 5.74) is 0. The van der Waals surface area contributed by atoms with Crippen LogP contribution in [0.5, 0.6) is 5.75 Å². The van der Waals surface area contributed by atoms with E-state index in [1.54, 1.807) is 0 Å². The summed E-state index contributed by atoms with van der Waals surface area (Å²) in [6.45, 7) is 8.55. The van der Waals surface area contributed by atoms with Crippen molar-refractivity contribution in [1.29, 1.82) is 0 Å². The summed E-state index contributed by atoms with van der Waals surface area (Å²) in [6.07, 6.45) is 3.70. The van der Waals surface area contributed by atoms with E-state index in [1.165, 1.54) is 19.3 Å². The molecule has 4 heteroatoms. The van der Waals surface area contributed by atoms with Crippen LogP contribution < -0.4 is 10.1 Å². The summed E-state index contributed by atoms with van der Waals surface area (Å²) in [4.78, 5) is 2.60. The van der Waals surface area contributed by atoms with E-state index in [4.69, 9.17) is 4.74 Å². The SMILES string of the molecule is CCCC1CNC(CC)CN1CCOc1cccc(Br)c1. The highest BCUT2D eigenvalue weighted by atomic mass is 79.9. The van der Waals surface area contributed by atoms with Crippen LogP contribution in [-0.4, -0.2) is 43.2 Å². The molecule has 0 bridgehead atoms. The average molecular weight is 355 g/mol. The third-order valence-electron chi connectivity index (χ3n) is 4.17. The molecule has 1 aromatic carbocycles. The smallest absolute Gasteiger partial charge is 0.120 e. The van der Waals surface area contributed by atoms with Crippen LogP contribution in [-0.2, 0) is 0 Å². The molecule has 2 unspecified atom stereocenters. The van der Waals surface area contributed by atoms with Crippen molar-refractivity contribution in [3.63, 3.8) is 0 Å². The summed E-state index contributed by atoms with van der Waals surface area (Å²) in [6, 6.07) is 9.36. The summed E-state index contributed by atoms with van der Waals surface area (Å²) >= 11 is 3.48. The molecular weight excluding hydrogens is 328 g/mol. The number of rotatable bonds is 7. The molecule has 0 aromatic heterocycles. The van der Waals surface area contributed by atoms with Gasteiger partial charge in [0.2, 0.25) is 0 Å². The van der Waals surface area contributed by atoms with Crippen LogP contribution >= 0.6 is 15.9 Å². The second kappa shape index (κ2) is 8.76. The zero-order valence-electron chi connectivity index (χ0n) is 13.1. The van der Waals surface area contributed by atoms with Gasteiger partial charge in [0.05, 0.1) is 0 Å². The lowest BCUT2D eigenvalue weighted by Gasteiger charge is -2.40. The van der Waals surface area contributed by atoms with Gasteiger partial charge in [-0.3, -0.25) is 4.90 Å². The monoisotopic (exact) mass is 354 g/mol. The fourth-order valence-corrected chi connectivity index (χ4v) is 3.31.